The van der Waals surface area contributed by atoms with Crippen LogP contribution in [-0.4, -0.2) is 19.3 Å². The zero-order valence-corrected chi connectivity index (χ0v) is 10.1. The number of benzene rings is 1. The molecule has 0 bridgehead atoms. The molecular formula is C13H21NO. The molecule has 0 aliphatic heterocycles. The van der Waals surface area contributed by atoms with Crippen LogP contribution in [0.1, 0.15) is 32.4 Å². The second kappa shape index (κ2) is 5.29. The lowest BCUT2D eigenvalue weighted by molar-refractivity contribution is -0.0139. The van der Waals surface area contributed by atoms with Gasteiger partial charge < -0.3 is 10.1 Å². The fourth-order valence-corrected chi connectivity index (χ4v) is 1.36. The first-order valence-electron chi connectivity index (χ1n) is 5.39. The maximum absolute atomic E-state index is 5.77. The van der Waals surface area contributed by atoms with Crippen molar-refractivity contribution in [2.75, 3.05) is 13.7 Å². The van der Waals surface area contributed by atoms with Crippen LogP contribution in [0, 0.1) is 0 Å². The van der Waals surface area contributed by atoms with Crippen molar-refractivity contribution in [1.82, 2.24) is 5.32 Å². The zero-order chi connectivity index (χ0) is 11.3. The molecule has 84 valence electrons. The maximum atomic E-state index is 5.77. The highest BCUT2D eigenvalue weighted by atomic mass is 16.5. The fourth-order valence-electron chi connectivity index (χ4n) is 1.36. The Balaban J connectivity index is 2.58. The molecule has 1 rings (SSSR count). The molecule has 2 heteroatoms. The fraction of sp³-hybridized carbons (Fsp3) is 0.538. The summed E-state index contributed by atoms with van der Waals surface area (Å²) >= 11 is 0. The van der Waals surface area contributed by atoms with Gasteiger partial charge in [-0.2, -0.15) is 0 Å². The third kappa shape index (κ3) is 4.45. The van der Waals surface area contributed by atoms with Crippen LogP contribution in [0.2, 0.25) is 0 Å². The van der Waals surface area contributed by atoms with E-state index in [2.05, 4.69) is 50.4 Å². The monoisotopic (exact) mass is 207 g/mol. The predicted octanol–water partition coefficient (Wildman–Crippen LogP) is 2.76. The largest absolute Gasteiger partial charge is 0.374 e. The zero-order valence-electron chi connectivity index (χ0n) is 10.1. The Bertz CT molecular complexity index is 276. The van der Waals surface area contributed by atoms with E-state index in [1.54, 1.807) is 0 Å². The number of rotatable bonds is 4. The molecule has 1 aromatic rings. The average Bonchev–Trinajstić information content (AvgIpc) is 2.19. The van der Waals surface area contributed by atoms with Gasteiger partial charge in [0.05, 0.1) is 18.2 Å². The molecule has 0 aromatic heterocycles. The summed E-state index contributed by atoms with van der Waals surface area (Å²) in [7, 11) is 1.96. The molecule has 1 atom stereocenters. The summed E-state index contributed by atoms with van der Waals surface area (Å²) in [6.07, 6.45) is 0. The minimum Gasteiger partial charge on any atom is -0.374 e. The lowest BCUT2D eigenvalue weighted by Gasteiger charge is -2.24. The van der Waals surface area contributed by atoms with E-state index in [1.807, 2.05) is 13.1 Å². The summed E-state index contributed by atoms with van der Waals surface area (Å²) in [6, 6.07) is 10.6. The Labute approximate surface area is 92.6 Å². The minimum absolute atomic E-state index is 0.0795. The third-order valence-corrected chi connectivity index (χ3v) is 2.23. The van der Waals surface area contributed by atoms with E-state index in [9.17, 15) is 0 Å². The number of hydrogen-bond acceptors (Lipinski definition) is 2. The molecule has 0 radical (unpaired) electrons. The van der Waals surface area contributed by atoms with Crippen LogP contribution >= 0.6 is 0 Å². The van der Waals surface area contributed by atoms with E-state index < -0.39 is 0 Å². The van der Waals surface area contributed by atoms with Gasteiger partial charge in [0, 0.05) is 0 Å². The van der Waals surface area contributed by atoms with E-state index in [0.717, 1.165) is 0 Å². The van der Waals surface area contributed by atoms with Crippen LogP contribution in [0.25, 0.3) is 0 Å². The van der Waals surface area contributed by atoms with Gasteiger partial charge in [-0.3, -0.25) is 0 Å². The number of likely N-dealkylation sites (N-methyl/N-ethyl adjacent to an activating group) is 1. The molecule has 0 aliphatic rings. The Morgan fingerprint density at radius 2 is 1.80 bits per heavy atom. The number of nitrogens with one attached hydrogen (secondary N) is 1. The van der Waals surface area contributed by atoms with Gasteiger partial charge in [-0.25, -0.2) is 0 Å². The number of hydrogen-bond donors (Lipinski definition) is 1. The van der Waals surface area contributed by atoms with Gasteiger partial charge in [-0.15, -0.1) is 0 Å². The van der Waals surface area contributed by atoms with Crippen molar-refractivity contribution < 1.29 is 4.74 Å². The molecule has 1 aromatic carbocycles. The average molecular weight is 207 g/mol. The number of ether oxygens (including phenoxy) is 1. The highest BCUT2D eigenvalue weighted by Crippen LogP contribution is 2.16. The van der Waals surface area contributed by atoms with Crippen molar-refractivity contribution in [2.45, 2.75) is 32.4 Å². The second-order valence-electron chi connectivity index (χ2n) is 4.68. The summed E-state index contributed by atoms with van der Waals surface area (Å²) in [5, 5.41) is 3.27. The van der Waals surface area contributed by atoms with Crippen molar-refractivity contribution >= 4 is 0 Å². The smallest absolute Gasteiger partial charge is 0.0668 e. The van der Waals surface area contributed by atoms with Gasteiger partial charge in [0.2, 0.25) is 0 Å². The maximum Gasteiger partial charge on any atom is 0.0668 e. The lowest BCUT2D eigenvalue weighted by atomic mass is 10.1. The van der Waals surface area contributed by atoms with Gasteiger partial charge in [0.1, 0.15) is 0 Å². The summed E-state index contributed by atoms with van der Waals surface area (Å²) in [5.41, 5.74) is 1.19. The Hall–Kier alpha value is -0.860. The summed E-state index contributed by atoms with van der Waals surface area (Å²) < 4.78 is 5.77. The molecule has 15 heavy (non-hydrogen) atoms. The lowest BCUT2D eigenvalue weighted by Crippen LogP contribution is -2.28. The Kier molecular flexibility index (Phi) is 4.30. The van der Waals surface area contributed by atoms with E-state index in [0.29, 0.717) is 6.61 Å². The highest BCUT2D eigenvalue weighted by molar-refractivity contribution is 5.18. The Morgan fingerprint density at radius 1 is 1.20 bits per heavy atom. The van der Waals surface area contributed by atoms with Crippen LogP contribution < -0.4 is 5.32 Å². The van der Waals surface area contributed by atoms with Crippen LogP contribution in [-0.2, 0) is 4.74 Å². The molecule has 0 saturated carbocycles. The van der Waals surface area contributed by atoms with Crippen LogP contribution in [0.5, 0.6) is 0 Å². The summed E-state index contributed by atoms with van der Waals surface area (Å²) in [4.78, 5) is 0. The SMILES string of the molecule is CNC(COC(C)(C)C)c1ccccc1. The van der Waals surface area contributed by atoms with Gasteiger partial charge >= 0.3 is 0 Å². The minimum atomic E-state index is -0.0795. The van der Waals surface area contributed by atoms with E-state index >= 15 is 0 Å². The van der Waals surface area contributed by atoms with Crippen molar-refractivity contribution in [3.8, 4) is 0 Å². The van der Waals surface area contributed by atoms with Crippen LogP contribution in [0.15, 0.2) is 30.3 Å². The second-order valence-corrected chi connectivity index (χ2v) is 4.68. The van der Waals surface area contributed by atoms with Crippen molar-refractivity contribution in [2.24, 2.45) is 0 Å². The van der Waals surface area contributed by atoms with Crippen molar-refractivity contribution in [3.63, 3.8) is 0 Å². The van der Waals surface area contributed by atoms with Gasteiger partial charge in [0.25, 0.3) is 0 Å². The molecule has 0 spiro atoms. The predicted molar refractivity (Wildman–Crippen MR) is 63.9 cm³/mol. The quantitative estimate of drug-likeness (QED) is 0.819. The topological polar surface area (TPSA) is 21.3 Å². The molecule has 0 heterocycles. The molecule has 0 fully saturated rings. The summed E-state index contributed by atoms with van der Waals surface area (Å²) in [5.74, 6) is 0. The van der Waals surface area contributed by atoms with Gasteiger partial charge in [-0.1, -0.05) is 30.3 Å². The molecule has 1 unspecified atom stereocenters. The van der Waals surface area contributed by atoms with E-state index in [4.69, 9.17) is 4.74 Å². The molecule has 0 aliphatic carbocycles. The van der Waals surface area contributed by atoms with Crippen molar-refractivity contribution in [1.29, 1.82) is 0 Å². The van der Waals surface area contributed by atoms with E-state index in [1.165, 1.54) is 5.56 Å². The van der Waals surface area contributed by atoms with Crippen LogP contribution in [0.3, 0.4) is 0 Å². The standard InChI is InChI=1S/C13H21NO/c1-13(2,3)15-10-12(14-4)11-8-6-5-7-9-11/h5-9,12,14H,10H2,1-4H3. The first-order chi connectivity index (χ1) is 7.03. The first-order valence-corrected chi connectivity index (χ1v) is 5.39. The molecule has 0 saturated heterocycles. The first kappa shape index (κ1) is 12.2. The van der Waals surface area contributed by atoms with Gasteiger partial charge in [0.15, 0.2) is 0 Å². The molecule has 1 N–H and O–H groups in total. The van der Waals surface area contributed by atoms with Crippen molar-refractivity contribution in [3.05, 3.63) is 35.9 Å². The summed E-state index contributed by atoms with van der Waals surface area (Å²) in [6.45, 7) is 6.92. The molecule has 0 amide bonds. The van der Waals surface area contributed by atoms with E-state index in [-0.39, 0.29) is 11.6 Å². The normalized spacial score (nSPS) is 13.9. The Morgan fingerprint density at radius 3 is 2.27 bits per heavy atom. The molecule has 2 nitrogen and oxygen atoms in total. The van der Waals surface area contributed by atoms with Gasteiger partial charge in [-0.05, 0) is 33.4 Å². The highest BCUT2D eigenvalue weighted by Gasteiger charge is 2.15. The third-order valence-electron chi connectivity index (χ3n) is 2.23. The molecular weight excluding hydrogens is 186 g/mol. The van der Waals surface area contributed by atoms with Crippen LogP contribution in [0.4, 0.5) is 0 Å².